The molecule has 0 aliphatic heterocycles. The van der Waals surface area contributed by atoms with Crippen LogP contribution in [0, 0.1) is 11.8 Å². The average molecular weight is 270 g/mol. The molecule has 6 unspecified atom stereocenters. The third-order valence-electron chi connectivity index (χ3n) is 3.82. The van der Waals surface area contributed by atoms with Gasteiger partial charge in [0.2, 0.25) is 0 Å². The van der Waals surface area contributed by atoms with Crippen LogP contribution in [-0.2, 0) is 18.9 Å². The summed E-state index contributed by atoms with van der Waals surface area (Å²) in [5.74, 6) is 0.901. The van der Waals surface area contributed by atoms with E-state index in [2.05, 4.69) is 12.2 Å². The van der Waals surface area contributed by atoms with E-state index in [9.17, 15) is 0 Å². The first-order valence-corrected chi connectivity index (χ1v) is 7.38. The number of rotatable bonds is 8. The Morgan fingerprint density at radius 2 is 1.32 bits per heavy atom. The minimum absolute atomic E-state index is 0.0828. The van der Waals surface area contributed by atoms with Crippen molar-refractivity contribution in [2.45, 2.75) is 58.9 Å². The summed E-state index contributed by atoms with van der Waals surface area (Å²) in [5, 5.41) is 0. The highest BCUT2D eigenvalue weighted by Crippen LogP contribution is 2.43. The van der Waals surface area contributed by atoms with E-state index in [1.807, 2.05) is 27.7 Å². The molecule has 0 heterocycles. The highest BCUT2D eigenvalue weighted by molar-refractivity contribution is 5.15. The molecule has 0 N–H and O–H groups in total. The lowest BCUT2D eigenvalue weighted by atomic mass is 10.0. The maximum absolute atomic E-state index is 6.02. The van der Waals surface area contributed by atoms with Gasteiger partial charge in [0, 0.05) is 25.0 Å². The van der Waals surface area contributed by atoms with Gasteiger partial charge >= 0.3 is 0 Å². The van der Waals surface area contributed by atoms with Crippen LogP contribution in [0.3, 0.4) is 0 Å². The molecule has 2 aliphatic rings. The monoisotopic (exact) mass is 270 g/mol. The fourth-order valence-corrected chi connectivity index (χ4v) is 3.08. The molecular weight excluding hydrogens is 244 g/mol. The molecule has 1 saturated carbocycles. The lowest BCUT2D eigenvalue weighted by Gasteiger charge is -2.32. The molecule has 6 atom stereocenters. The molecule has 0 amide bonds. The maximum atomic E-state index is 6.02. The average Bonchev–Trinajstić information content (AvgIpc) is 2.93. The van der Waals surface area contributed by atoms with Crippen molar-refractivity contribution in [3.8, 4) is 0 Å². The second-order valence-corrected chi connectivity index (χ2v) is 5.20. The van der Waals surface area contributed by atoms with Gasteiger partial charge in [-0.3, -0.25) is 0 Å². The molecule has 1 fully saturated rings. The fraction of sp³-hybridized carbons (Fsp3) is 0.867. The number of hydrogen-bond donors (Lipinski definition) is 0. The van der Waals surface area contributed by atoms with E-state index < -0.39 is 0 Å². The summed E-state index contributed by atoms with van der Waals surface area (Å²) < 4.78 is 23.0. The van der Waals surface area contributed by atoms with Gasteiger partial charge in [0.15, 0.2) is 12.6 Å². The SMILES string of the molecule is CCOC(C)OC1C2C=CC(C2)C1OC(C)OCC. The lowest BCUT2D eigenvalue weighted by Crippen LogP contribution is -2.40. The van der Waals surface area contributed by atoms with Gasteiger partial charge in [-0.1, -0.05) is 12.2 Å². The predicted octanol–water partition coefficient (Wildman–Crippen LogP) is 2.73. The zero-order valence-electron chi connectivity index (χ0n) is 12.4. The van der Waals surface area contributed by atoms with E-state index in [4.69, 9.17) is 18.9 Å². The Hall–Kier alpha value is -0.420. The van der Waals surface area contributed by atoms with Crippen LogP contribution in [0.25, 0.3) is 0 Å². The molecule has 19 heavy (non-hydrogen) atoms. The fourth-order valence-electron chi connectivity index (χ4n) is 3.08. The van der Waals surface area contributed by atoms with E-state index in [0.717, 1.165) is 6.42 Å². The summed E-state index contributed by atoms with van der Waals surface area (Å²) in [6.07, 6.45) is 5.41. The highest BCUT2D eigenvalue weighted by atomic mass is 16.7. The Morgan fingerprint density at radius 3 is 1.68 bits per heavy atom. The molecular formula is C15H26O4. The summed E-state index contributed by atoms with van der Waals surface area (Å²) in [7, 11) is 0. The van der Waals surface area contributed by atoms with E-state index in [1.165, 1.54) is 0 Å². The van der Waals surface area contributed by atoms with Gasteiger partial charge < -0.3 is 18.9 Å². The molecule has 110 valence electrons. The number of fused-ring (bicyclic) bond motifs is 2. The Morgan fingerprint density at radius 1 is 0.895 bits per heavy atom. The van der Waals surface area contributed by atoms with Crippen LogP contribution < -0.4 is 0 Å². The van der Waals surface area contributed by atoms with Gasteiger partial charge in [-0.15, -0.1) is 0 Å². The van der Waals surface area contributed by atoms with Gasteiger partial charge in [-0.05, 0) is 34.1 Å². The summed E-state index contributed by atoms with van der Waals surface area (Å²) in [5.41, 5.74) is 0. The minimum Gasteiger partial charge on any atom is -0.353 e. The summed E-state index contributed by atoms with van der Waals surface area (Å²) >= 11 is 0. The molecule has 2 bridgehead atoms. The zero-order chi connectivity index (χ0) is 13.8. The van der Waals surface area contributed by atoms with Crippen molar-refractivity contribution >= 4 is 0 Å². The third-order valence-corrected chi connectivity index (χ3v) is 3.82. The first-order chi connectivity index (χ1) is 9.15. The topological polar surface area (TPSA) is 36.9 Å². The number of ether oxygens (including phenoxy) is 4. The quantitative estimate of drug-likeness (QED) is 0.502. The first-order valence-electron chi connectivity index (χ1n) is 7.38. The van der Waals surface area contributed by atoms with E-state index in [1.54, 1.807) is 0 Å². The second kappa shape index (κ2) is 6.84. The summed E-state index contributed by atoms with van der Waals surface area (Å²) in [4.78, 5) is 0. The molecule has 0 radical (unpaired) electrons. The molecule has 0 aromatic carbocycles. The molecule has 0 aromatic rings. The van der Waals surface area contributed by atoms with Crippen LogP contribution in [-0.4, -0.2) is 38.0 Å². The predicted molar refractivity (Wildman–Crippen MR) is 72.7 cm³/mol. The molecule has 4 nitrogen and oxygen atoms in total. The Kier molecular flexibility index (Phi) is 5.39. The van der Waals surface area contributed by atoms with E-state index >= 15 is 0 Å². The highest BCUT2D eigenvalue weighted by Gasteiger charge is 2.47. The van der Waals surface area contributed by atoms with Crippen LogP contribution in [0.5, 0.6) is 0 Å². The Bertz CT molecular complexity index is 277. The van der Waals surface area contributed by atoms with Crippen LogP contribution >= 0.6 is 0 Å². The van der Waals surface area contributed by atoms with E-state index in [0.29, 0.717) is 25.0 Å². The summed E-state index contributed by atoms with van der Waals surface area (Å²) in [6.45, 7) is 9.18. The minimum atomic E-state index is -0.184. The number of hydrogen-bond acceptors (Lipinski definition) is 4. The van der Waals surface area contributed by atoms with Crippen molar-refractivity contribution < 1.29 is 18.9 Å². The Balaban J connectivity index is 1.93. The molecule has 2 aliphatic carbocycles. The van der Waals surface area contributed by atoms with Gasteiger partial charge in [-0.2, -0.15) is 0 Å². The van der Waals surface area contributed by atoms with Gasteiger partial charge in [0.05, 0.1) is 12.2 Å². The largest absolute Gasteiger partial charge is 0.353 e. The van der Waals surface area contributed by atoms with Crippen molar-refractivity contribution in [1.82, 2.24) is 0 Å². The van der Waals surface area contributed by atoms with Crippen molar-refractivity contribution in [1.29, 1.82) is 0 Å². The zero-order valence-corrected chi connectivity index (χ0v) is 12.4. The van der Waals surface area contributed by atoms with Crippen LogP contribution in [0.4, 0.5) is 0 Å². The lowest BCUT2D eigenvalue weighted by molar-refractivity contribution is -0.227. The van der Waals surface area contributed by atoms with Crippen LogP contribution in [0.2, 0.25) is 0 Å². The van der Waals surface area contributed by atoms with Gasteiger partial charge in [-0.25, -0.2) is 0 Å². The smallest absolute Gasteiger partial charge is 0.155 e. The normalized spacial score (nSPS) is 35.8. The molecule has 0 aromatic heterocycles. The standard InChI is InChI=1S/C15H26O4/c1-5-16-10(3)18-14-12-7-8-13(9-12)15(14)19-11(4)17-6-2/h7-8,10-15H,5-6,9H2,1-4H3. The van der Waals surface area contributed by atoms with Crippen molar-refractivity contribution in [3.05, 3.63) is 12.2 Å². The molecule has 0 spiro atoms. The van der Waals surface area contributed by atoms with Gasteiger partial charge in [0.25, 0.3) is 0 Å². The van der Waals surface area contributed by atoms with Gasteiger partial charge in [0.1, 0.15) is 0 Å². The molecule has 4 heteroatoms. The van der Waals surface area contributed by atoms with Crippen LogP contribution in [0.15, 0.2) is 12.2 Å². The molecule has 2 rings (SSSR count). The van der Waals surface area contributed by atoms with Crippen molar-refractivity contribution in [2.24, 2.45) is 11.8 Å². The summed E-state index contributed by atoms with van der Waals surface area (Å²) in [6, 6.07) is 0. The molecule has 0 saturated heterocycles. The Labute approximate surface area is 116 Å². The van der Waals surface area contributed by atoms with E-state index in [-0.39, 0.29) is 24.8 Å². The maximum Gasteiger partial charge on any atom is 0.155 e. The third kappa shape index (κ3) is 3.57. The first kappa shape index (κ1) is 15.0. The second-order valence-electron chi connectivity index (χ2n) is 5.20. The van der Waals surface area contributed by atoms with Crippen molar-refractivity contribution in [3.63, 3.8) is 0 Å². The van der Waals surface area contributed by atoms with Crippen LogP contribution in [0.1, 0.15) is 34.1 Å². The van der Waals surface area contributed by atoms with Crippen molar-refractivity contribution in [2.75, 3.05) is 13.2 Å².